The highest BCUT2D eigenvalue weighted by Crippen LogP contribution is 2.33. The van der Waals surface area contributed by atoms with E-state index in [-0.39, 0.29) is 11.2 Å². The number of nitrogens with zero attached hydrogens (tertiary/aromatic N) is 1. The minimum Gasteiger partial charge on any atom is -0.487 e. The van der Waals surface area contributed by atoms with E-state index in [1.807, 2.05) is 0 Å². The maximum Gasteiger partial charge on any atom is 0.122 e. The second kappa shape index (κ2) is 11.9. The summed E-state index contributed by atoms with van der Waals surface area (Å²) >= 11 is 0. The summed E-state index contributed by atoms with van der Waals surface area (Å²) in [5, 5.41) is 2.21. The molecule has 0 unspecified atom stereocenters. The number of ether oxygens (including phenoxy) is 2. The normalized spacial score (nSPS) is 12.4. The van der Waals surface area contributed by atoms with Gasteiger partial charge < -0.3 is 20.9 Å². The average molecular weight is 466 g/mol. The summed E-state index contributed by atoms with van der Waals surface area (Å²) in [6.45, 7) is 10.1. The topological polar surface area (TPSA) is 83.4 Å². The van der Waals surface area contributed by atoms with Crippen molar-refractivity contribution in [3.63, 3.8) is 0 Å². The van der Waals surface area contributed by atoms with E-state index < -0.39 is 0 Å². The zero-order chi connectivity index (χ0) is 24.6. The van der Waals surface area contributed by atoms with E-state index in [9.17, 15) is 0 Å². The van der Waals surface area contributed by atoms with E-state index in [2.05, 4.69) is 70.2 Å². The molecular formula is C29H43N3O2. The lowest BCUT2D eigenvalue weighted by atomic mass is 9.91. The Labute approximate surface area is 205 Å². The van der Waals surface area contributed by atoms with Gasteiger partial charge in [0.1, 0.15) is 22.7 Å². The lowest BCUT2D eigenvalue weighted by Gasteiger charge is -2.33. The molecule has 1 aromatic heterocycles. The van der Waals surface area contributed by atoms with Gasteiger partial charge >= 0.3 is 0 Å². The number of benzene rings is 2. The molecule has 4 N–H and O–H groups in total. The third-order valence-corrected chi connectivity index (χ3v) is 7.47. The summed E-state index contributed by atoms with van der Waals surface area (Å²) in [4.78, 5) is 4.99. The molecule has 3 rings (SSSR count). The molecule has 3 aromatic rings. The van der Waals surface area contributed by atoms with Crippen LogP contribution in [-0.2, 0) is 0 Å². The quantitative estimate of drug-likeness (QED) is 0.258. The molecule has 5 nitrogen and oxygen atoms in total. The fourth-order valence-electron chi connectivity index (χ4n) is 4.86. The maximum atomic E-state index is 6.55. The molecule has 0 atom stereocenters. The monoisotopic (exact) mass is 465 g/mol. The molecular weight excluding hydrogens is 422 g/mol. The highest BCUT2D eigenvalue weighted by atomic mass is 16.5. The minimum absolute atomic E-state index is 0.182. The molecule has 0 bridgehead atoms. The fourth-order valence-corrected chi connectivity index (χ4v) is 4.86. The van der Waals surface area contributed by atoms with Crippen molar-refractivity contribution >= 4 is 21.8 Å². The highest BCUT2D eigenvalue weighted by Gasteiger charge is 2.29. The van der Waals surface area contributed by atoms with Crippen LogP contribution in [0.2, 0.25) is 0 Å². The van der Waals surface area contributed by atoms with Crippen LogP contribution >= 0.6 is 0 Å². The van der Waals surface area contributed by atoms with Gasteiger partial charge in [0.25, 0.3) is 0 Å². The predicted molar refractivity (Wildman–Crippen MR) is 144 cm³/mol. The standard InChI is InChI=1S/C29H43N3O2/c1-5-28(6-2,15-9-17-30)33-24-13-11-22-19-23-12-14-25(21-27(23)32-26(22)20-24)34-29(7-3,8-4)16-10-18-31/h11-14,19-21H,5-10,15-18,30-31H2,1-4H3. The van der Waals surface area contributed by atoms with Gasteiger partial charge in [0.05, 0.1) is 11.0 Å². The van der Waals surface area contributed by atoms with Gasteiger partial charge in [0.15, 0.2) is 0 Å². The number of hydrogen-bond acceptors (Lipinski definition) is 5. The van der Waals surface area contributed by atoms with Gasteiger partial charge in [-0.05, 0) is 94.8 Å². The number of fused-ring (bicyclic) bond motifs is 2. The van der Waals surface area contributed by atoms with Crippen molar-refractivity contribution in [2.75, 3.05) is 13.1 Å². The first-order chi connectivity index (χ1) is 16.5. The summed E-state index contributed by atoms with van der Waals surface area (Å²) in [6.07, 6.45) is 7.65. The van der Waals surface area contributed by atoms with E-state index in [1.54, 1.807) is 0 Å². The Morgan fingerprint density at radius 2 is 1.06 bits per heavy atom. The molecule has 0 fully saturated rings. The molecule has 5 heteroatoms. The number of hydrogen-bond donors (Lipinski definition) is 2. The summed E-state index contributed by atoms with van der Waals surface area (Å²) in [7, 11) is 0. The molecule has 186 valence electrons. The fraction of sp³-hybridized carbons (Fsp3) is 0.552. The molecule has 0 amide bonds. The van der Waals surface area contributed by atoms with Crippen molar-refractivity contribution in [1.29, 1.82) is 0 Å². The summed E-state index contributed by atoms with van der Waals surface area (Å²) < 4.78 is 13.1. The summed E-state index contributed by atoms with van der Waals surface area (Å²) in [5.74, 6) is 1.73. The predicted octanol–water partition coefficient (Wildman–Crippen LogP) is 6.74. The highest BCUT2D eigenvalue weighted by molar-refractivity contribution is 5.93. The van der Waals surface area contributed by atoms with Crippen LogP contribution in [0.15, 0.2) is 42.5 Å². The van der Waals surface area contributed by atoms with Gasteiger partial charge in [-0.3, -0.25) is 0 Å². The Kier molecular flexibility index (Phi) is 9.15. The Morgan fingerprint density at radius 3 is 1.41 bits per heavy atom. The maximum absolute atomic E-state index is 6.55. The van der Waals surface area contributed by atoms with Crippen molar-refractivity contribution in [2.24, 2.45) is 11.5 Å². The van der Waals surface area contributed by atoms with E-state index in [1.165, 1.54) is 0 Å². The molecule has 0 aliphatic heterocycles. The van der Waals surface area contributed by atoms with E-state index in [0.717, 1.165) is 84.7 Å². The van der Waals surface area contributed by atoms with Crippen LogP contribution in [0.5, 0.6) is 11.5 Å². The Balaban J connectivity index is 1.92. The van der Waals surface area contributed by atoms with Gasteiger partial charge in [-0.25, -0.2) is 4.98 Å². The summed E-state index contributed by atoms with van der Waals surface area (Å²) in [5.41, 5.74) is 13.1. The lowest BCUT2D eigenvalue weighted by molar-refractivity contribution is 0.0496. The van der Waals surface area contributed by atoms with Gasteiger partial charge in [0.2, 0.25) is 0 Å². The zero-order valence-electron chi connectivity index (χ0n) is 21.5. The SMILES string of the molecule is CCC(CC)(CCCN)Oc1ccc2cc3ccc(OC(CC)(CC)CCCN)cc3nc2c1. The van der Waals surface area contributed by atoms with Crippen LogP contribution < -0.4 is 20.9 Å². The van der Waals surface area contributed by atoms with Gasteiger partial charge in [-0.15, -0.1) is 0 Å². The van der Waals surface area contributed by atoms with Crippen LogP contribution in [0.25, 0.3) is 21.8 Å². The minimum atomic E-state index is -0.182. The summed E-state index contributed by atoms with van der Waals surface area (Å²) in [6, 6.07) is 14.6. The molecule has 2 aromatic carbocycles. The van der Waals surface area contributed by atoms with Crippen LogP contribution in [-0.4, -0.2) is 29.3 Å². The van der Waals surface area contributed by atoms with Gasteiger partial charge in [-0.1, -0.05) is 27.7 Å². The zero-order valence-corrected chi connectivity index (χ0v) is 21.5. The van der Waals surface area contributed by atoms with Crippen molar-refractivity contribution in [3.8, 4) is 11.5 Å². The number of pyridine rings is 1. The first-order valence-electron chi connectivity index (χ1n) is 13.1. The van der Waals surface area contributed by atoms with E-state index in [0.29, 0.717) is 13.1 Å². The van der Waals surface area contributed by atoms with Crippen LogP contribution in [0.3, 0.4) is 0 Å². The van der Waals surface area contributed by atoms with Crippen LogP contribution in [0, 0.1) is 0 Å². The number of aromatic nitrogens is 1. The van der Waals surface area contributed by atoms with Crippen LogP contribution in [0.1, 0.15) is 79.1 Å². The van der Waals surface area contributed by atoms with E-state index in [4.69, 9.17) is 25.9 Å². The first kappa shape index (κ1) is 26.2. The molecule has 0 saturated heterocycles. The Bertz CT molecular complexity index is 977. The van der Waals surface area contributed by atoms with Crippen molar-refractivity contribution < 1.29 is 9.47 Å². The van der Waals surface area contributed by atoms with Gasteiger partial charge in [-0.2, -0.15) is 0 Å². The Hall–Kier alpha value is -2.37. The molecule has 0 spiro atoms. The second-order valence-electron chi connectivity index (χ2n) is 9.47. The largest absolute Gasteiger partial charge is 0.487 e. The molecule has 34 heavy (non-hydrogen) atoms. The van der Waals surface area contributed by atoms with Crippen molar-refractivity contribution in [1.82, 2.24) is 4.98 Å². The first-order valence-corrected chi connectivity index (χ1v) is 13.1. The molecule has 1 heterocycles. The number of rotatable bonds is 14. The van der Waals surface area contributed by atoms with Crippen molar-refractivity contribution in [2.45, 2.75) is 90.3 Å². The van der Waals surface area contributed by atoms with Gasteiger partial charge in [0, 0.05) is 22.9 Å². The smallest absolute Gasteiger partial charge is 0.122 e. The molecule has 0 aliphatic rings. The third-order valence-electron chi connectivity index (χ3n) is 7.47. The number of nitrogens with two attached hydrogens (primary N) is 2. The Morgan fingerprint density at radius 1 is 0.647 bits per heavy atom. The van der Waals surface area contributed by atoms with E-state index >= 15 is 0 Å². The van der Waals surface area contributed by atoms with Crippen molar-refractivity contribution in [3.05, 3.63) is 42.5 Å². The average Bonchev–Trinajstić information content (AvgIpc) is 2.87. The van der Waals surface area contributed by atoms with Crippen LogP contribution in [0.4, 0.5) is 0 Å². The third kappa shape index (κ3) is 6.00. The molecule has 0 saturated carbocycles. The second-order valence-corrected chi connectivity index (χ2v) is 9.47. The molecule has 0 aliphatic carbocycles. The molecule has 0 radical (unpaired) electrons. The lowest BCUT2D eigenvalue weighted by Crippen LogP contribution is -2.35.